The number of hydrogen-bond acceptors (Lipinski definition) is 7. The Morgan fingerprint density at radius 2 is 2.03 bits per heavy atom. The van der Waals surface area contributed by atoms with Crippen molar-refractivity contribution >= 4 is 5.84 Å². The number of ether oxygens (including phenoxy) is 2. The number of nitrogens with one attached hydrogen (secondary N) is 2. The summed E-state index contributed by atoms with van der Waals surface area (Å²) in [6.07, 6.45) is 3.18. The molecule has 0 saturated carbocycles. The van der Waals surface area contributed by atoms with Gasteiger partial charge in [-0.15, -0.1) is 5.10 Å². The van der Waals surface area contributed by atoms with Crippen LogP contribution in [0.15, 0.2) is 18.2 Å². The molecule has 2 aromatic rings. The molecule has 9 nitrogen and oxygen atoms in total. The maximum absolute atomic E-state index is 14.8. The van der Waals surface area contributed by atoms with Gasteiger partial charge in [-0.3, -0.25) is 10.3 Å². The summed E-state index contributed by atoms with van der Waals surface area (Å²) < 4.78 is 41.0. The first-order valence-corrected chi connectivity index (χ1v) is 14.1. The number of unbranched alkanes of at least 4 members (excludes halogenated alkanes) is 1. The lowest BCUT2D eigenvalue weighted by Crippen LogP contribution is -2.54. The van der Waals surface area contributed by atoms with Crippen LogP contribution < -0.4 is 5.32 Å². The maximum Gasteiger partial charge on any atom is 0.184 e. The molecule has 39 heavy (non-hydrogen) atoms. The normalized spacial score (nSPS) is 20.2. The summed E-state index contributed by atoms with van der Waals surface area (Å²) in [6, 6.07) is 4.35. The molecule has 2 saturated heterocycles. The second-order valence-electron chi connectivity index (χ2n) is 11.0. The van der Waals surface area contributed by atoms with Crippen LogP contribution in [0.25, 0.3) is 5.69 Å². The van der Waals surface area contributed by atoms with Crippen LogP contribution in [0, 0.1) is 28.9 Å². The van der Waals surface area contributed by atoms with Gasteiger partial charge in [0.05, 0.1) is 18.9 Å². The topological polar surface area (TPSA) is 91.5 Å². The lowest BCUT2D eigenvalue weighted by atomic mass is 9.92. The van der Waals surface area contributed by atoms with Gasteiger partial charge in [-0.2, -0.15) is 0 Å². The Hall–Kier alpha value is -2.47. The van der Waals surface area contributed by atoms with Crippen molar-refractivity contribution in [2.75, 3.05) is 59.7 Å². The van der Waals surface area contributed by atoms with Crippen LogP contribution in [0.4, 0.5) is 8.78 Å². The van der Waals surface area contributed by atoms with Gasteiger partial charge in [0.2, 0.25) is 0 Å². The van der Waals surface area contributed by atoms with Crippen LogP contribution in [0.3, 0.4) is 0 Å². The molecule has 1 aromatic heterocycles. The predicted molar refractivity (Wildman–Crippen MR) is 146 cm³/mol. The highest BCUT2D eigenvalue weighted by Gasteiger charge is 2.32. The summed E-state index contributed by atoms with van der Waals surface area (Å²) in [4.78, 5) is 4.56. The van der Waals surface area contributed by atoms with E-state index in [-0.39, 0.29) is 17.6 Å². The van der Waals surface area contributed by atoms with Gasteiger partial charge in [-0.25, -0.2) is 13.5 Å². The Labute approximate surface area is 230 Å². The molecule has 0 aliphatic carbocycles. The number of aromatic nitrogens is 3. The van der Waals surface area contributed by atoms with E-state index in [0.29, 0.717) is 44.5 Å². The van der Waals surface area contributed by atoms with Gasteiger partial charge in [0, 0.05) is 64.9 Å². The molecule has 0 radical (unpaired) electrons. The lowest BCUT2D eigenvalue weighted by Gasteiger charge is -2.41. The van der Waals surface area contributed by atoms with Crippen molar-refractivity contribution in [3.05, 3.63) is 41.2 Å². The van der Waals surface area contributed by atoms with Gasteiger partial charge in [-0.1, -0.05) is 25.1 Å². The average Bonchev–Trinajstić information content (AvgIpc) is 3.34. The number of morpholine rings is 1. The molecule has 2 aliphatic rings. The standard InChI is InChI=1S/C28H43F2N7O2/c1-20(2)18-36(22-15-21(16-32-17-22)28(31)35-10-13-39-14-11-35)19-24-25(8-4-5-12-38-3)37(34-33-24)26-9-6-7-23(29)27(26)30/h6-7,9,20-22,31-32H,4-5,8,10-19H2,1-3H3/t21-,22+/m1/s1. The van der Waals surface area contributed by atoms with E-state index in [0.717, 1.165) is 69.4 Å². The number of amidine groups is 1. The van der Waals surface area contributed by atoms with Crippen molar-refractivity contribution in [3.63, 3.8) is 0 Å². The molecule has 0 amide bonds. The number of benzene rings is 1. The minimum Gasteiger partial charge on any atom is -0.385 e. The van der Waals surface area contributed by atoms with Crippen molar-refractivity contribution in [1.29, 1.82) is 5.41 Å². The first-order valence-electron chi connectivity index (χ1n) is 14.1. The van der Waals surface area contributed by atoms with Crippen molar-refractivity contribution in [2.45, 2.75) is 52.1 Å². The maximum atomic E-state index is 14.8. The summed E-state index contributed by atoms with van der Waals surface area (Å²) in [6.45, 7) is 10.9. The van der Waals surface area contributed by atoms with Gasteiger partial charge in [0.25, 0.3) is 0 Å². The zero-order chi connectivity index (χ0) is 27.8. The van der Waals surface area contributed by atoms with Crippen LogP contribution in [-0.4, -0.2) is 96.3 Å². The molecule has 0 unspecified atom stereocenters. The predicted octanol–water partition coefficient (Wildman–Crippen LogP) is 3.26. The summed E-state index contributed by atoms with van der Waals surface area (Å²) in [5.41, 5.74) is 1.65. The van der Waals surface area contributed by atoms with E-state index in [1.54, 1.807) is 7.11 Å². The molecule has 216 valence electrons. The largest absolute Gasteiger partial charge is 0.385 e. The van der Waals surface area contributed by atoms with E-state index >= 15 is 0 Å². The molecule has 3 heterocycles. The van der Waals surface area contributed by atoms with Crippen molar-refractivity contribution in [2.24, 2.45) is 11.8 Å². The van der Waals surface area contributed by atoms with Crippen molar-refractivity contribution in [1.82, 2.24) is 30.1 Å². The van der Waals surface area contributed by atoms with Crippen molar-refractivity contribution in [3.8, 4) is 5.69 Å². The number of methoxy groups -OCH3 is 1. The van der Waals surface area contributed by atoms with Crippen LogP contribution in [-0.2, 0) is 22.4 Å². The zero-order valence-electron chi connectivity index (χ0n) is 23.5. The second kappa shape index (κ2) is 14.2. The molecule has 2 aliphatic heterocycles. The molecule has 0 spiro atoms. The van der Waals surface area contributed by atoms with Gasteiger partial charge in [0.15, 0.2) is 11.6 Å². The molecule has 2 fully saturated rings. The third-order valence-electron chi connectivity index (χ3n) is 7.55. The first-order chi connectivity index (χ1) is 18.9. The zero-order valence-corrected chi connectivity index (χ0v) is 23.5. The third-order valence-corrected chi connectivity index (χ3v) is 7.55. The van der Waals surface area contributed by atoms with Gasteiger partial charge in [0.1, 0.15) is 17.2 Å². The van der Waals surface area contributed by atoms with E-state index < -0.39 is 11.6 Å². The van der Waals surface area contributed by atoms with E-state index in [1.165, 1.54) is 16.8 Å². The van der Waals surface area contributed by atoms with Gasteiger partial charge >= 0.3 is 0 Å². The molecule has 2 atom stereocenters. The first kappa shape index (κ1) is 29.5. The minimum atomic E-state index is -0.924. The van der Waals surface area contributed by atoms with Crippen LogP contribution in [0.5, 0.6) is 0 Å². The fourth-order valence-corrected chi connectivity index (χ4v) is 5.57. The summed E-state index contributed by atoms with van der Waals surface area (Å²) in [5, 5.41) is 21.2. The quantitative estimate of drug-likeness (QED) is 0.239. The second-order valence-corrected chi connectivity index (χ2v) is 11.0. The third kappa shape index (κ3) is 7.59. The van der Waals surface area contributed by atoms with E-state index in [9.17, 15) is 8.78 Å². The van der Waals surface area contributed by atoms with E-state index in [1.807, 2.05) is 0 Å². The Balaban J connectivity index is 1.56. The van der Waals surface area contributed by atoms with Crippen LogP contribution >= 0.6 is 0 Å². The highest BCUT2D eigenvalue weighted by molar-refractivity contribution is 5.82. The van der Waals surface area contributed by atoms with Gasteiger partial charge in [-0.05, 0) is 43.7 Å². The van der Waals surface area contributed by atoms with E-state index in [2.05, 4.69) is 39.3 Å². The molecule has 0 bridgehead atoms. The molecule has 11 heteroatoms. The molecular formula is C28H43F2N7O2. The highest BCUT2D eigenvalue weighted by Crippen LogP contribution is 2.25. The van der Waals surface area contributed by atoms with Crippen LogP contribution in [0.1, 0.15) is 44.5 Å². The van der Waals surface area contributed by atoms with Crippen LogP contribution in [0.2, 0.25) is 0 Å². The number of piperidine rings is 1. The smallest absolute Gasteiger partial charge is 0.184 e. The molecule has 4 rings (SSSR count). The van der Waals surface area contributed by atoms with Gasteiger partial charge < -0.3 is 19.7 Å². The average molecular weight is 548 g/mol. The Morgan fingerprint density at radius 3 is 2.77 bits per heavy atom. The fourth-order valence-electron chi connectivity index (χ4n) is 5.57. The number of rotatable bonds is 12. The molecule has 2 N–H and O–H groups in total. The Morgan fingerprint density at radius 1 is 1.23 bits per heavy atom. The minimum absolute atomic E-state index is 0.0734. The number of nitrogens with zero attached hydrogens (tertiary/aromatic N) is 5. The fraction of sp³-hybridized carbons (Fsp3) is 0.679. The monoisotopic (exact) mass is 547 g/mol. The summed E-state index contributed by atoms with van der Waals surface area (Å²) in [5.74, 6) is -0.594. The summed E-state index contributed by atoms with van der Waals surface area (Å²) >= 11 is 0. The lowest BCUT2D eigenvalue weighted by molar-refractivity contribution is 0.0632. The molecular weight excluding hydrogens is 504 g/mol. The highest BCUT2D eigenvalue weighted by atomic mass is 19.2. The summed E-state index contributed by atoms with van der Waals surface area (Å²) in [7, 11) is 1.67. The Kier molecular flexibility index (Phi) is 10.8. The number of hydrogen-bond donors (Lipinski definition) is 2. The van der Waals surface area contributed by atoms with E-state index in [4.69, 9.17) is 14.9 Å². The SMILES string of the molecule is COCCCCc1c(CN(CC(C)C)[C@@H]2CNC[C@H](C(=N)N3CCOCC3)C2)nnn1-c1cccc(F)c1F. The van der Waals surface area contributed by atoms with Crippen molar-refractivity contribution < 1.29 is 18.3 Å². The Bertz CT molecular complexity index is 1070. The molecule has 1 aromatic carbocycles. The number of halogens is 2.